The third kappa shape index (κ3) is 3.91. The predicted octanol–water partition coefficient (Wildman–Crippen LogP) is 2.95. The quantitative estimate of drug-likeness (QED) is 0.848. The van der Waals surface area contributed by atoms with E-state index in [1.165, 1.54) is 12.1 Å². The van der Waals surface area contributed by atoms with Gasteiger partial charge in [0, 0.05) is 24.7 Å². The lowest BCUT2D eigenvalue weighted by Gasteiger charge is -2.30. The van der Waals surface area contributed by atoms with Gasteiger partial charge >= 0.3 is 0 Å². The second-order valence-electron chi connectivity index (χ2n) is 4.92. The summed E-state index contributed by atoms with van der Waals surface area (Å²) in [5.41, 5.74) is 0.435. The molecular formula is C15H16BrFN2O2. The van der Waals surface area contributed by atoms with Crippen molar-refractivity contribution in [3.8, 4) is 0 Å². The first-order chi connectivity index (χ1) is 10.0. The van der Waals surface area contributed by atoms with E-state index in [9.17, 15) is 14.0 Å². The van der Waals surface area contributed by atoms with Crippen molar-refractivity contribution in [1.82, 2.24) is 4.90 Å². The molecule has 2 amide bonds. The Balaban J connectivity index is 1.91. The fraction of sp³-hybridized carbons (Fsp3) is 0.333. The molecule has 0 radical (unpaired) electrons. The van der Waals surface area contributed by atoms with Crippen LogP contribution >= 0.6 is 15.9 Å². The highest BCUT2D eigenvalue weighted by Crippen LogP contribution is 2.22. The maximum Gasteiger partial charge on any atom is 0.245 e. The molecule has 1 aromatic carbocycles. The molecule has 21 heavy (non-hydrogen) atoms. The molecule has 4 nitrogen and oxygen atoms in total. The third-order valence-corrected chi connectivity index (χ3v) is 4.18. The summed E-state index contributed by atoms with van der Waals surface area (Å²) in [5, 5.41) is 2.71. The number of nitrogens with zero attached hydrogens (tertiary/aromatic N) is 1. The second kappa shape index (κ2) is 6.85. The van der Waals surface area contributed by atoms with Gasteiger partial charge in [0.25, 0.3) is 0 Å². The van der Waals surface area contributed by atoms with Gasteiger partial charge in [0.05, 0.1) is 4.47 Å². The maximum absolute atomic E-state index is 13.4. The van der Waals surface area contributed by atoms with E-state index in [0.29, 0.717) is 36.1 Å². The lowest BCUT2D eigenvalue weighted by Crippen LogP contribution is -2.40. The topological polar surface area (TPSA) is 49.4 Å². The molecule has 1 heterocycles. The Bertz CT molecular complexity index is 569. The molecule has 1 aromatic rings. The van der Waals surface area contributed by atoms with E-state index in [1.54, 1.807) is 17.0 Å². The number of halogens is 2. The Morgan fingerprint density at radius 3 is 2.62 bits per heavy atom. The summed E-state index contributed by atoms with van der Waals surface area (Å²) in [6.07, 6.45) is 2.49. The summed E-state index contributed by atoms with van der Waals surface area (Å²) in [6, 6.07) is 4.47. The highest BCUT2D eigenvalue weighted by molar-refractivity contribution is 9.10. The first kappa shape index (κ1) is 15.7. The normalized spacial score (nSPS) is 15.6. The maximum atomic E-state index is 13.4. The smallest absolute Gasteiger partial charge is 0.245 e. The zero-order chi connectivity index (χ0) is 15.4. The zero-order valence-electron chi connectivity index (χ0n) is 11.4. The molecule has 0 unspecified atom stereocenters. The van der Waals surface area contributed by atoms with Gasteiger partial charge in [-0.3, -0.25) is 9.59 Å². The molecule has 0 aromatic heterocycles. The molecule has 2 rings (SSSR count). The van der Waals surface area contributed by atoms with Crippen LogP contribution in [0.3, 0.4) is 0 Å². The number of likely N-dealkylation sites (tertiary alicyclic amines) is 1. The van der Waals surface area contributed by atoms with Gasteiger partial charge < -0.3 is 10.2 Å². The monoisotopic (exact) mass is 354 g/mol. The van der Waals surface area contributed by atoms with Crippen molar-refractivity contribution < 1.29 is 14.0 Å². The van der Waals surface area contributed by atoms with E-state index in [0.717, 1.165) is 0 Å². The van der Waals surface area contributed by atoms with Crippen LogP contribution in [-0.4, -0.2) is 29.8 Å². The van der Waals surface area contributed by atoms with Crippen molar-refractivity contribution in [1.29, 1.82) is 0 Å². The van der Waals surface area contributed by atoms with Crippen molar-refractivity contribution in [2.75, 3.05) is 18.4 Å². The Labute approximate surface area is 131 Å². The summed E-state index contributed by atoms with van der Waals surface area (Å²) >= 11 is 3.07. The number of benzene rings is 1. The minimum Gasteiger partial charge on any atom is -0.339 e. The fourth-order valence-corrected chi connectivity index (χ4v) is 2.56. The predicted molar refractivity (Wildman–Crippen MR) is 82.2 cm³/mol. The number of hydrogen-bond donors (Lipinski definition) is 1. The fourth-order valence-electron chi connectivity index (χ4n) is 2.31. The summed E-state index contributed by atoms with van der Waals surface area (Å²) in [5.74, 6) is -0.823. The van der Waals surface area contributed by atoms with Crippen molar-refractivity contribution in [3.05, 3.63) is 41.1 Å². The molecule has 0 atom stereocenters. The standard InChI is InChI=1S/C15H16BrFN2O2/c1-2-14(20)19-7-5-10(6-8-19)15(21)18-11-3-4-12(16)13(17)9-11/h2-4,9-10H,1,5-8H2,(H,18,21). The van der Waals surface area contributed by atoms with Crippen LogP contribution in [0.25, 0.3) is 0 Å². The van der Waals surface area contributed by atoms with E-state index >= 15 is 0 Å². The van der Waals surface area contributed by atoms with E-state index in [1.807, 2.05) is 0 Å². The zero-order valence-corrected chi connectivity index (χ0v) is 13.0. The minimum absolute atomic E-state index is 0.108. The number of piperidine rings is 1. The van der Waals surface area contributed by atoms with E-state index in [4.69, 9.17) is 0 Å². The highest BCUT2D eigenvalue weighted by atomic mass is 79.9. The lowest BCUT2D eigenvalue weighted by atomic mass is 9.95. The largest absolute Gasteiger partial charge is 0.339 e. The summed E-state index contributed by atoms with van der Waals surface area (Å²) < 4.78 is 13.8. The molecule has 1 fully saturated rings. The molecule has 1 saturated heterocycles. The molecule has 1 aliphatic heterocycles. The van der Waals surface area contributed by atoms with Crippen molar-refractivity contribution in [2.24, 2.45) is 5.92 Å². The van der Waals surface area contributed by atoms with Crippen LogP contribution in [0.5, 0.6) is 0 Å². The van der Waals surface area contributed by atoms with Crippen LogP contribution in [0.4, 0.5) is 10.1 Å². The van der Waals surface area contributed by atoms with Gasteiger partial charge in [-0.15, -0.1) is 0 Å². The molecule has 0 bridgehead atoms. The van der Waals surface area contributed by atoms with Crippen LogP contribution in [-0.2, 0) is 9.59 Å². The average Bonchev–Trinajstić information content (AvgIpc) is 2.50. The van der Waals surface area contributed by atoms with Crippen molar-refractivity contribution in [3.63, 3.8) is 0 Å². The molecule has 1 N–H and O–H groups in total. The Morgan fingerprint density at radius 2 is 2.05 bits per heavy atom. The molecular weight excluding hydrogens is 339 g/mol. The lowest BCUT2D eigenvalue weighted by molar-refractivity contribution is -0.130. The molecule has 6 heteroatoms. The first-order valence-corrected chi connectivity index (χ1v) is 7.48. The molecule has 0 aliphatic carbocycles. The SMILES string of the molecule is C=CC(=O)N1CCC(C(=O)Nc2ccc(Br)c(F)c2)CC1. The van der Waals surface area contributed by atoms with Gasteiger partial charge in [-0.25, -0.2) is 4.39 Å². The van der Waals surface area contributed by atoms with Crippen LogP contribution < -0.4 is 5.32 Å². The molecule has 112 valence electrons. The van der Waals surface area contributed by atoms with Gasteiger partial charge in [-0.05, 0) is 53.0 Å². The summed E-state index contributed by atoms with van der Waals surface area (Å²) in [4.78, 5) is 25.3. The second-order valence-corrected chi connectivity index (χ2v) is 5.78. The Morgan fingerprint density at radius 1 is 1.38 bits per heavy atom. The summed E-state index contributed by atoms with van der Waals surface area (Å²) in [7, 11) is 0. The number of rotatable bonds is 3. The van der Waals surface area contributed by atoms with Crippen LogP contribution in [0.2, 0.25) is 0 Å². The van der Waals surface area contributed by atoms with Gasteiger partial charge in [0.2, 0.25) is 11.8 Å². The summed E-state index contributed by atoms with van der Waals surface area (Å²) in [6.45, 7) is 4.53. The number of amides is 2. The highest BCUT2D eigenvalue weighted by Gasteiger charge is 2.26. The molecule has 1 aliphatic rings. The number of carbonyl (C=O) groups is 2. The van der Waals surface area contributed by atoms with E-state index in [-0.39, 0.29) is 17.7 Å². The van der Waals surface area contributed by atoms with Gasteiger partial charge in [0.15, 0.2) is 0 Å². The number of nitrogens with one attached hydrogen (secondary N) is 1. The third-order valence-electron chi connectivity index (χ3n) is 3.54. The van der Waals surface area contributed by atoms with E-state index < -0.39 is 5.82 Å². The van der Waals surface area contributed by atoms with Crippen LogP contribution in [0.15, 0.2) is 35.3 Å². The first-order valence-electron chi connectivity index (χ1n) is 6.68. The number of carbonyl (C=O) groups excluding carboxylic acids is 2. The van der Waals surface area contributed by atoms with Gasteiger partial charge in [0.1, 0.15) is 5.82 Å². The van der Waals surface area contributed by atoms with Crippen LogP contribution in [0.1, 0.15) is 12.8 Å². The molecule has 0 spiro atoms. The van der Waals surface area contributed by atoms with Gasteiger partial charge in [-0.2, -0.15) is 0 Å². The Kier molecular flexibility index (Phi) is 5.12. The Hall–Kier alpha value is -1.69. The van der Waals surface area contributed by atoms with Crippen molar-refractivity contribution >= 4 is 33.4 Å². The van der Waals surface area contributed by atoms with Gasteiger partial charge in [-0.1, -0.05) is 6.58 Å². The minimum atomic E-state index is -0.417. The van der Waals surface area contributed by atoms with Crippen molar-refractivity contribution in [2.45, 2.75) is 12.8 Å². The average molecular weight is 355 g/mol. The van der Waals surface area contributed by atoms with E-state index in [2.05, 4.69) is 27.8 Å². The van der Waals surface area contributed by atoms with Crippen LogP contribution in [0, 0.1) is 11.7 Å². The number of hydrogen-bond acceptors (Lipinski definition) is 2. The molecule has 0 saturated carbocycles. The number of anilines is 1.